The third-order valence-corrected chi connectivity index (χ3v) is 3.42. The zero-order chi connectivity index (χ0) is 15.6. The number of rotatable bonds is 3. The lowest BCUT2D eigenvalue weighted by Gasteiger charge is -2.12. The molecule has 0 atom stereocenters. The van der Waals surface area contributed by atoms with Gasteiger partial charge in [0, 0.05) is 22.4 Å². The predicted octanol–water partition coefficient (Wildman–Crippen LogP) is 4.52. The van der Waals surface area contributed by atoms with Crippen LogP contribution in [0.4, 0.5) is 14.5 Å². The van der Waals surface area contributed by atoms with E-state index in [1.807, 2.05) is 0 Å². The number of halogens is 2. The number of carbonyl (C=O) groups excluding carboxylic acids is 1. The Labute approximate surface area is 127 Å². The van der Waals surface area contributed by atoms with Crippen LogP contribution >= 0.6 is 12.6 Å². The molecule has 0 unspecified atom stereocenters. The van der Waals surface area contributed by atoms with Crippen LogP contribution in [0, 0.1) is 17.6 Å². The lowest BCUT2D eigenvalue weighted by Crippen LogP contribution is -2.18. The zero-order valence-corrected chi connectivity index (χ0v) is 12.5. The molecule has 0 bridgehead atoms. The van der Waals surface area contributed by atoms with E-state index in [9.17, 15) is 13.6 Å². The molecule has 21 heavy (non-hydrogen) atoms. The quantitative estimate of drug-likeness (QED) is 0.802. The molecule has 0 aliphatic rings. The fourth-order valence-electron chi connectivity index (χ4n) is 1.83. The third kappa shape index (κ3) is 3.42. The van der Waals surface area contributed by atoms with E-state index >= 15 is 0 Å². The Hall–Kier alpha value is -1.88. The molecule has 0 fully saturated rings. The average molecular weight is 307 g/mol. The molecule has 0 heterocycles. The summed E-state index contributed by atoms with van der Waals surface area (Å²) in [6.07, 6.45) is 0. The van der Waals surface area contributed by atoms with Crippen LogP contribution in [0.3, 0.4) is 0 Å². The van der Waals surface area contributed by atoms with Crippen molar-refractivity contribution in [3.63, 3.8) is 0 Å². The van der Waals surface area contributed by atoms with E-state index in [2.05, 4.69) is 17.9 Å². The first kappa shape index (κ1) is 15.5. The minimum absolute atomic E-state index is 0.0401. The molecule has 0 aliphatic heterocycles. The molecule has 0 saturated heterocycles. The number of anilines is 1. The van der Waals surface area contributed by atoms with Crippen molar-refractivity contribution in [2.45, 2.75) is 18.7 Å². The molecule has 0 aromatic heterocycles. The fraction of sp³-hybridized carbons (Fsp3) is 0.188. The molecule has 2 aromatic rings. The second kappa shape index (κ2) is 6.26. The van der Waals surface area contributed by atoms with Gasteiger partial charge >= 0.3 is 0 Å². The molecule has 2 nitrogen and oxygen atoms in total. The second-order valence-electron chi connectivity index (χ2n) is 4.97. The number of nitrogens with one attached hydrogen (secondary N) is 1. The molecule has 0 radical (unpaired) electrons. The summed E-state index contributed by atoms with van der Waals surface area (Å²) in [4.78, 5) is 12.3. The first-order valence-corrected chi connectivity index (χ1v) is 6.93. The Morgan fingerprint density at radius 2 is 1.76 bits per heavy atom. The summed E-state index contributed by atoms with van der Waals surface area (Å²) in [5.41, 5.74) is 0.695. The lowest BCUT2D eigenvalue weighted by atomic mass is 10.0. The van der Waals surface area contributed by atoms with Gasteiger partial charge in [0.05, 0.1) is 5.69 Å². The number of hydrogen-bond acceptors (Lipinski definition) is 2. The molecular weight excluding hydrogens is 292 g/mol. The Kier molecular flexibility index (Phi) is 4.63. The van der Waals surface area contributed by atoms with Crippen molar-refractivity contribution in [2.75, 3.05) is 5.32 Å². The zero-order valence-electron chi connectivity index (χ0n) is 11.7. The highest BCUT2D eigenvalue weighted by Gasteiger charge is 2.16. The van der Waals surface area contributed by atoms with Crippen molar-refractivity contribution in [3.05, 3.63) is 48.0 Å². The van der Waals surface area contributed by atoms with Crippen LogP contribution in [0.15, 0.2) is 41.3 Å². The number of benzene rings is 2. The summed E-state index contributed by atoms with van der Waals surface area (Å²) < 4.78 is 27.8. The topological polar surface area (TPSA) is 29.1 Å². The van der Waals surface area contributed by atoms with Crippen molar-refractivity contribution in [1.82, 2.24) is 0 Å². The number of carbonyl (C=O) groups is 1. The maximum atomic E-state index is 14.0. The first-order chi connectivity index (χ1) is 9.90. The Morgan fingerprint density at radius 1 is 1.10 bits per heavy atom. The predicted molar refractivity (Wildman–Crippen MR) is 82.5 cm³/mol. The smallest absolute Gasteiger partial charge is 0.227 e. The second-order valence-corrected chi connectivity index (χ2v) is 5.45. The van der Waals surface area contributed by atoms with Gasteiger partial charge in [-0.15, -0.1) is 12.6 Å². The number of hydrogen-bond donors (Lipinski definition) is 2. The van der Waals surface area contributed by atoms with Crippen molar-refractivity contribution in [1.29, 1.82) is 0 Å². The number of thiol groups is 1. The Morgan fingerprint density at radius 3 is 2.38 bits per heavy atom. The molecule has 0 spiro atoms. The normalized spacial score (nSPS) is 10.8. The Bertz CT molecular complexity index is 686. The molecule has 0 aliphatic carbocycles. The lowest BCUT2D eigenvalue weighted by molar-refractivity contribution is -0.118. The summed E-state index contributed by atoms with van der Waals surface area (Å²) >= 11 is 4.27. The SMILES string of the molecule is CC(C)C(=O)Nc1cc(-c2ccccc2S)c(F)cc1F. The summed E-state index contributed by atoms with van der Waals surface area (Å²) in [5, 5.41) is 2.46. The van der Waals surface area contributed by atoms with Crippen molar-refractivity contribution < 1.29 is 13.6 Å². The number of amides is 1. The van der Waals surface area contributed by atoms with Crippen LogP contribution in [-0.2, 0) is 4.79 Å². The summed E-state index contributed by atoms with van der Waals surface area (Å²) in [6, 6.07) is 8.98. The first-order valence-electron chi connectivity index (χ1n) is 6.48. The standard InChI is InChI=1S/C16H15F2NOS/c1-9(2)16(20)19-14-7-11(12(17)8-13(14)18)10-5-3-4-6-15(10)21/h3-9,21H,1-2H3,(H,19,20). The van der Waals surface area contributed by atoms with Gasteiger partial charge in [0.15, 0.2) is 0 Å². The van der Waals surface area contributed by atoms with Gasteiger partial charge in [0.25, 0.3) is 0 Å². The molecule has 1 amide bonds. The maximum Gasteiger partial charge on any atom is 0.227 e. The molecule has 5 heteroatoms. The van der Waals surface area contributed by atoms with Gasteiger partial charge in [-0.25, -0.2) is 8.78 Å². The van der Waals surface area contributed by atoms with Gasteiger partial charge in [0.1, 0.15) is 11.6 Å². The maximum absolute atomic E-state index is 14.0. The van der Waals surface area contributed by atoms with E-state index in [1.54, 1.807) is 38.1 Å². The largest absolute Gasteiger partial charge is 0.323 e. The summed E-state index contributed by atoms with van der Waals surface area (Å²) in [5.74, 6) is -2.13. The molecule has 110 valence electrons. The van der Waals surface area contributed by atoms with Crippen molar-refractivity contribution in [2.24, 2.45) is 5.92 Å². The van der Waals surface area contributed by atoms with E-state index < -0.39 is 11.6 Å². The molecule has 1 N–H and O–H groups in total. The van der Waals surface area contributed by atoms with Gasteiger partial charge in [0.2, 0.25) is 5.91 Å². The van der Waals surface area contributed by atoms with Crippen LogP contribution in [0.2, 0.25) is 0 Å². The van der Waals surface area contributed by atoms with E-state index in [4.69, 9.17) is 0 Å². The van der Waals surface area contributed by atoms with Crippen molar-refractivity contribution in [3.8, 4) is 11.1 Å². The average Bonchev–Trinajstić information content (AvgIpc) is 2.42. The molecule has 0 saturated carbocycles. The molecular formula is C16H15F2NOS. The van der Waals surface area contributed by atoms with Gasteiger partial charge in [-0.2, -0.15) is 0 Å². The van der Waals surface area contributed by atoms with Gasteiger partial charge in [-0.1, -0.05) is 32.0 Å². The minimum atomic E-state index is -0.804. The highest BCUT2D eigenvalue weighted by atomic mass is 32.1. The molecule has 2 rings (SSSR count). The van der Waals surface area contributed by atoms with E-state index in [1.165, 1.54) is 6.07 Å². The Balaban J connectivity index is 2.49. The van der Waals surface area contributed by atoms with Gasteiger partial charge in [-0.3, -0.25) is 4.79 Å². The monoisotopic (exact) mass is 307 g/mol. The third-order valence-electron chi connectivity index (χ3n) is 3.03. The van der Waals surface area contributed by atoms with E-state index in [0.29, 0.717) is 10.5 Å². The van der Waals surface area contributed by atoms with Crippen LogP contribution < -0.4 is 5.32 Å². The van der Waals surface area contributed by atoms with Crippen LogP contribution in [-0.4, -0.2) is 5.91 Å². The van der Waals surface area contributed by atoms with E-state index in [-0.39, 0.29) is 23.1 Å². The highest BCUT2D eigenvalue weighted by molar-refractivity contribution is 7.80. The van der Waals surface area contributed by atoms with Gasteiger partial charge < -0.3 is 5.32 Å². The fourth-order valence-corrected chi connectivity index (χ4v) is 2.11. The van der Waals surface area contributed by atoms with Crippen molar-refractivity contribution >= 4 is 24.2 Å². The van der Waals surface area contributed by atoms with Crippen LogP contribution in [0.25, 0.3) is 11.1 Å². The van der Waals surface area contributed by atoms with E-state index in [0.717, 1.165) is 6.07 Å². The van der Waals surface area contributed by atoms with Crippen LogP contribution in [0.5, 0.6) is 0 Å². The van der Waals surface area contributed by atoms with Crippen LogP contribution in [0.1, 0.15) is 13.8 Å². The summed E-state index contributed by atoms with van der Waals surface area (Å²) in [7, 11) is 0. The van der Waals surface area contributed by atoms with Gasteiger partial charge in [-0.05, 0) is 17.7 Å². The summed E-state index contributed by atoms with van der Waals surface area (Å²) in [6.45, 7) is 3.39. The highest BCUT2D eigenvalue weighted by Crippen LogP contribution is 2.32. The molecule has 2 aromatic carbocycles. The minimum Gasteiger partial charge on any atom is -0.323 e.